The summed E-state index contributed by atoms with van der Waals surface area (Å²) in [6.07, 6.45) is 0. The molecule has 0 amide bonds. The number of hydrogen-bond donors (Lipinski definition) is 2. The molecule has 0 aromatic heterocycles. The smallest absolute Gasteiger partial charge is 0.314 e. The summed E-state index contributed by atoms with van der Waals surface area (Å²) >= 11 is 1.14. The second-order valence-electron chi connectivity index (χ2n) is 6.81. The van der Waals surface area contributed by atoms with Gasteiger partial charge in [0.15, 0.2) is 0 Å². The maximum Gasteiger partial charge on any atom is 0.314 e. The van der Waals surface area contributed by atoms with Gasteiger partial charge in [-0.3, -0.25) is 4.57 Å². The zero-order valence-electron chi connectivity index (χ0n) is 13.0. The molecule has 0 fully saturated rings. The quantitative estimate of drug-likeness (QED) is 0.571. The van der Waals surface area contributed by atoms with Crippen LogP contribution in [0.1, 0.15) is 52.7 Å². The van der Waals surface area contributed by atoms with E-state index in [-0.39, 0.29) is 10.8 Å². The van der Waals surface area contributed by atoms with Crippen LogP contribution in [-0.4, -0.2) is 37.7 Å². The van der Waals surface area contributed by atoms with Gasteiger partial charge in [-0.15, -0.1) is 0 Å². The van der Waals surface area contributed by atoms with Crippen molar-refractivity contribution in [1.29, 1.82) is 0 Å². The Labute approximate surface area is 134 Å². The Bertz CT molecular complexity index is 441. The average Bonchev–Trinajstić information content (AvgIpc) is 2.13. The molecule has 1 rings (SSSR count). The topological polar surface area (TPSA) is 57.5 Å². The van der Waals surface area contributed by atoms with Crippen LogP contribution >= 0.6 is 8.25 Å². The summed E-state index contributed by atoms with van der Waals surface area (Å²) in [4.78, 5) is 14.3. The molecule has 19 heavy (non-hydrogen) atoms. The van der Waals surface area contributed by atoms with Gasteiger partial charge in [0.25, 0.3) is 0 Å². The average molecular weight is 294 g/mol. The molecule has 0 radical (unpaired) electrons. The zero-order valence-corrected chi connectivity index (χ0v) is 16.0. The van der Waals surface area contributed by atoms with Gasteiger partial charge in [0.2, 0.25) is 0 Å². The first-order chi connectivity index (χ1) is 8.35. The number of rotatable bonds is 0. The molecule has 3 nitrogen and oxygen atoms in total. The van der Waals surface area contributed by atoms with Gasteiger partial charge >= 0.3 is 121 Å². The molecular weight excluding hydrogens is 270 g/mol. The molecule has 2 N–H and O–H groups in total. The van der Waals surface area contributed by atoms with Crippen molar-refractivity contribution < 1.29 is 14.4 Å². The number of benzene rings is 1. The van der Waals surface area contributed by atoms with Crippen LogP contribution in [0, 0.1) is 0 Å². The Hall–Kier alpha value is 0.370. The molecule has 0 aliphatic heterocycles. The van der Waals surface area contributed by atoms with E-state index in [1.165, 1.54) is 13.9 Å². The van der Waals surface area contributed by atoms with Gasteiger partial charge in [-0.2, -0.15) is 0 Å². The van der Waals surface area contributed by atoms with Crippen LogP contribution in [0.25, 0.3) is 0 Å². The Kier molecular flexibility index (Phi) is 7.54. The van der Waals surface area contributed by atoms with Crippen molar-refractivity contribution in [2.24, 2.45) is 0 Å². The summed E-state index contributed by atoms with van der Waals surface area (Å²) in [5, 5.41) is 0. The summed E-state index contributed by atoms with van der Waals surface area (Å²) in [6, 6.07) is 7.01. The fourth-order valence-electron chi connectivity index (χ4n) is 1.90. The largest absolute Gasteiger partial charge is 0.326 e. The van der Waals surface area contributed by atoms with Gasteiger partial charge in [0, 0.05) is 0 Å². The molecule has 1 aromatic carbocycles. The van der Waals surface area contributed by atoms with E-state index in [4.69, 9.17) is 14.4 Å². The van der Waals surface area contributed by atoms with Crippen LogP contribution in [0.3, 0.4) is 0 Å². The molecule has 0 aliphatic carbocycles. The summed E-state index contributed by atoms with van der Waals surface area (Å²) in [6.45, 7) is 13.7. The molecule has 0 spiro atoms. The summed E-state index contributed by atoms with van der Waals surface area (Å²) in [5.74, 6) is 0. The maximum absolute atomic E-state index is 8.74. The van der Waals surface area contributed by atoms with Crippen molar-refractivity contribution in [3.63, 3.8) is 0 Å². The van der Waals surface area contributed by atoms with E-state index in [1.807, 2.05) is 0 Å². The second kappa shape index (κ2) is 7.40. The van der Waals surface area contributed by atoms with Crippen molar-refractivity contribution >= 4 is 39.0 Å². The molecule has 0 heterocycles. The fraction of sp³-hybridized carbons (Fsp3) is 0.571. The van der Waals surface area contributed by atoms with Gasteiger partial charge in [0.1, 0.15) is 0 Å². The van der Waals surface area contributed by atoms with Gasteiger partial charge in [-0.1, -0.05) is 0 Å². The van der Waals surface area contributed by atoms with Crippen LogP contribution in [0.5, 0.6) is 0 Å². The van der Waals surface area contributed by atoms with Crippen molar-refractivity contribution in [3.8, 4) is 0 Å². The molecule has 0 unspecified atom stereocenters. The predicted octanol–water partition coefficient (Wildman–Crippen LogP) is 2.44. The van der Waals surface area contributed by atoms with E-state index < -0.39 is 8.25 Å². The molecule has 0 aliphatic rings. The van der Waals surface area contributed by atoms with Gasteiger partial charge in [-0.25, -0.2) is 0 Å². The second-order valence-corrected chi connectivity index (χ2v) is 8.45. The van der Waals surface area contributed by atoms with E-state index in [2.05, 4.69) is 59.7 Å². The van der Waals surface area contributed by atoms with Crippen LogP contribution in [0.4, 0.5) is 0 Å². The third-order valence-corrected chi connectivity index (χ3v) is 3.78. The summed E-state index contributed by atoms with van der Waals surface area (Å²) in [5.41, 5.74) is 3.52. The third-order valence-electron chi connectivity index (χ3n) is 2.91. The zero-order chi connectivity index (χ0) is 15.4. The normalized spacial score (nSPS) is 12.2. The molecule has 0 saturated heterocycles. The monoisotopic (exact) mass is 294 g/mol. The van der Waals surface area contributed by atoms with E-state index in [1.54, 1.807) is 0 Å². The van der Waals surface area contributed by atoms with Crippen molar-refractivity contribution in [3.05, 3.63) is 29.3 Å². The molecule has 0 atom stereocenters. The minimum Gasteiger partial charge on any atom is -0.326 e. The van der Waals surface area contributed by atoms with E-state index in [9.17, 15) is 0 Å². The van der Waals surface area contributed by atoms with Crippen molar-refractivity contribution in [2.45, 2.75) is 52.4 Å². The molecular formula is C14H24NaO3P. The summed E-state index contributed by atoms with van der Waals surface area (Å²) < 4.78 is 10.3. The molecule has 104 valence electrons. The van der Waals surface area contributed by atoms with Crippen LogP contribution in [-0.2, 0) is 15.4 Å². The fourth-order valence-corrected chi connectivity index (χ4v) is 2.96. The first-order valence-electron chi connectivity index (χ1n) is 6.39. The first-order valence-corrected chi connectivity index (χ1v) is 8.69. The van der Waals surface area contributed by atoms with Gasteiger partial charge < -0.3 is 9.79 Å². The van der Waals surface area contributed by atoms with E-state index in [0.29, 0.717) is 0 Å². The maximum atomic E-state index is 8.74. The van der Waals surface area contributed by atoms with Crippen LogP contribution in [0.15, 0.2) is 18.2 Å². The van der Waals surface area contributed by atoms with Crippen LogP contribution in [0.2, 0.25) is 0 Å². The molecule has 1 aromatic rings. The number of hydrogen-bond acceptors (Lipinski definition) is 1. The molecule has 0 bridgehead atoms. The van der Waals surface area contributed by atoms with E-state index >= 15 is 0 Å². The predicted molar refractivity (Wildman–Crippen MR) is 82.7 cm³/mol. The molecule has 0 saturated carbocycles. The SMILES string of the molecule is CC(C)(C)c1cc[c]([Na])c(C(C)(C)C)c1.O=[PH](O)O. The molecule has 5 heteroatoms. The van der Waals surface area contributed by atoms with E-state index in [0.717, 1.165) is 27.9 Å². The minimum absolute atomic E-state index is 0.259. The van der Waals surface area contributed by atoms with Gasteiger partial charge in [-0.05, 0) is 0 Å². The van der Waals surface area contributed by atoms with Crippen LogP contribution < -0.4 is 2.81 Å². The first kappa shape index (κ1) is 19.4. The standard InChI is InChI=1S/C14H21.Na.H3O3P/c1-13(2,3)11-8-7-9-12(10-11)14(4,5)6;;1-4(2)3/h7-8,10H,1-6H3;;4H,(H2,1,2,3). The Morgan fingerprint density at radius 3 is 1.74 bits per heavy atom. The Morgan fingerprint density at radius 2 is 1.42 bits per heavy atom. The third kappa shape index (κ3) is 7.65. The Morgan fingerprint density at radius 1 is 1.00 bits per heavy atom. The van der Waals surface area contributed by atoms with Crippen molar-refractivity contribution in [1.82, 2.24) is 0 Å². The minimum atomic E-state index is -3.13. The summed E-state index contributed by atoms with van der Waals surface area (Å²) in [7, 11) is -3.13. The van der Waals surface area contributed by atoms with Gasteiger partial charge in [0.05, 0.1) is 0 Å². The van der Waals surface area contributed by atoms with Crippen molar-refractivity contribution in [2.75, 3.05) is 0 Å². The Balaban J connectivity index is 0.000000711.